The minimum Gasteiger partial charge on any atom is -0.468 e. The zero-order valence-corrected chi connectivity index (χ0v) is 13.9. The molecule has 4 heteroatoms. The van der Waals surface area contributed by atoms with Crippen molar-refractivity contribution in [3.8, 4) is 0 Å². The molecule has 3 unspecified atom stereocenters. The van der Waals surface area contributed by atoms with Crippen LogP contribution in [0.3, 0.4) is 0 Å². The maximum absolute atomic E-state index is 11.9. The van der Waals surface area contributed by atoms with Gasteiger partial charge in [-0.15, -0.1) is 0 Å². The minimum absolute atomic E-state index is 0.233. The molecule has 1 aliphatic rings. The lowest BCUT2D eigenvalue weighted by Crippen LogP contribution is -2.54. The van der Waals surface area contributed by atoms with Crippen LogP contribution in [-0.4, -0.2) is 37.9 Å². The third-order valence-corrected chi connectivity index (χ3v) is 4.16. The monoisotopic (exact) mass is 285 g/mol. The number of hydrogen-bond donors (Lipinski definition) is 1. The summed E-state index contributed by atoms with van der Waals surface area (Å²) in [7, 11) is 1.42. The first-order valence-corrected chi connectivity index (χ1v) is 7.67. The highest BCUT2D eigenvalue weighted by atomic mass is 16.5. The molecule has 4 nitrogen and oxygen atoms in total. The van der Waals surface area contributed by atoms with Crippen molar-refractivity contribution in [3.05, 3.63) is 0 Å². The second kappa shape index (κ2) is 6.90. The van der Waals surface area contributed by atoms with Crippen LogP contribution in [0.5, 0.6) is 0 Å². The standard InChI is InChI=1S/C16H31NO3/c1-7-17-16(5,14(18)19-6)11-20-13-8-12(2)9-15(3,4)10-13/h12-13,17H,7-11H2,1-6H3. The normalized spacial score (nSPS) is 28.7. The molecule has 0 aromatic rings. The Morgan fingerprint density at radius 2 is 2.05 bits per heavy atom. The summed E-state index contributed by atoms with van der Waals surface area (Å²) in [6, 6.07) is 0. The molecule has 0 radical (unpaired) electrons. The van der Waals surface area contributed by atoms with E-state index in [1.54, 1.807) is 0 Å². The Labute approximate surface area is 123 Å². The van der Waals surface area contributed by atoms with E-state index in [0.717, 1.165) is 12.8 Å². The van der Waals surface area contributed by atoms with Gasteiger partial charge in [-0.25, -0.2) is 4.79 Å². The Balaban J connectivity index is 2.61. The fourth-order valence-corrected chi connectivity index (χ4v) is 3.47. The molecule has 1 rings (SSSR count). The van der Waals surface area contributed by atoms with Crippen molar-refractivity contribution in [1.82, 2.24) is 5.32 Å². The Kier molecular flexibility index (Phi) is 6.02. The highest BCUT2D eigenvalue weighted by Gasteiger charge is 2.37. The van der Waals surface area contributed by atoms with Crippen LogP contribution >= 0.6 is 0 Å². The number of ether oxygens (including phenoxy) is 2. The number of carbonyl (C=O) groups excluding carboxylic acids is 1. The third-order valence-electron chi connectivity index (χ3n) is 4.16. The van der Waals surface area contributed by atoms with Gasteiger partial charge in [0.15, 0.2) is 0 Å². The predicted octanol–water partition coefficient (Wildman–Crippen LogP) is 2.76. The molecule has 1 N–H and O–H groups in total. The van der Waals surface area contributed by atoms with Crippen LogP contribution < -0.4 is 5.32 Å². The average Bonchev–Trinajstić information content (AvgIpc) is 2.33. The van der Waals surface area contributed by atoms with Crippen LogP contribution in [0.25, 0.3) is 0 Å². The summed E-state index contributed by atoms with van der Waals surface area (Å²) in [6.45, 7) is 11.8. The summed E-state index contributed by atoms with van der Waals surface area (Å²) in [5.41, 5.74) is -0.434. The maximum atomic E-state index is 11.9. The molecular weight excluding hydrogens is 254 g/mol. The molecular formula is C16H31NO3. The molecule has 0 saturated heterocycles. The van der Waals surface area contributed by atoms with Gasteiger partial charge in [-0.05, 0) is 44.1 Å². The Morgan fingerprint density at radius 3 is 2.55 bits per heavy atom. The van der Waals surface area contributed by atoms with Gasteiger partial charge in [0.25, 0.3) is 0 Å². The number of methoxy groups -OCH3 is 1. The van der Waals surface area contributed by atoms with E-state index in [0.29, 0.717) is 24.5 Å². The van der Waals surface area contributed by atoms with E-state index in [1.807, 2.05) is 13.8 Å². The zero-order valence-electron chi connectivity index (χ0n) is 13.9. The van der Waals surface area contributed by atoms with Gasteiger partial charge in [0, 0.05) is 0 Å². The van der Waals surface area contributed by atoms with Crippen molar-refractivity contribution < 1.29 is 14.3 Å². The molecule has 0 aromatic heterocycles. The molecule has 0 spiro atoms. The summed E-state index contributed by atoms with van der Waals surface area (Å²) in [4.78, 5) is 11.9. The fourth-order valence-electron chi connectivity index (χ4n) is 3.47. The fraction of sp³-hybridized carbons (Fsp3) is 0.938. The van der Waals surface area contributed by atoms with E-state index < -0.39 is 5.54 Å². The van der Waals surface area contributed by atoms with Crippen molar-refractivity contribution >= 4 is 5.97 Å². The number of likely N-dealkylation sites (N-methyl/N-ethyl adjacent to an activating group) is 1. The van der Waals surface area contributed by atoms with E-state index in [1.165, 1.54) is 13.5 Å². The second-order valence-electron chi connectivity index (χ2n) is 7.20. The molecule has 0 aromatic carbocycles. The van der Waals surface area contributed by atoms with E-state index in [-0.39, 0.29) is 12.1 Å². The molecule has 0 heterocycles. The lowest BCUT2D eigenvalue weighted by molar-refractivity contribution is -0.152. The molecule has 20 heavy (non-hydrogen) atoms. The molecule has 1 saturated carbocycles. The van der Waals surface area contributed by atoms with Crippen LogP contribution in [0.15, 0.2) is 0 Å². The molecule has 0 amide bonds. The van der Waals surface area contributed by atoms with Crippen molar-refractivity contribution in [2.45, 2.75) is 65.5 Å². The summed E-state index contributed by atoms with van der Waals surface area (Å²) in [6.07, 6.45) is 3.61. The van der Waals surface area contributed by atoms with Crippen LogP contribution in [0.2, 0.25) is 0 Å². The quantitative estimate of drug-likeness (QED) is 0.762. The van der Waals surface area contributed by atoms with Gasteiger partial charge in [0.05, 0.1) is 19.8 Å². The Bertz CT molecular complexity index is 330. The summed E-state index contributed by atoms with van der Waals surface area (Å²) in [5, 5.41) is 3.18. The van der Waals surface area contributed by atoms with Crippen molar-refractivity contribution in [2.24, 2.45) is 11.3 Å². The van der Waals surface area contributed by atoms with Gasteiger partial charge in [0.1, 0.15) is 5.54 Å². The summed E-state index contributed by atoms with van der Waals surface area (Å²) in [5.74, 6) is 0.412. The van der Waals surface area contributed by atoms with Gasteiger partial charge in [-0.2, -0.15) is 0 Å². The SMILES string of the molecule is CCNC(C)(COC1CC(C)CC(C)(C)C1)C(=O)OC. The molecule has 0 aliphatic heterocycles. The zero-order chi connectivity index (χ0) is 15.4. The number of hydrogen-bond acceptors (Lipinski definition) is 4. The number of esters is 1. The predicted molar refractivity (Wildman–Crippen MR) is 80.6 cm³/mol. The smallest absolute Gasteiger partial charge is 0.328 e. The topological polar surface area (TPSA) is 47.6 Å². The van der Waals surface area contributed by atoms with Crippen LogP contribution in [-0.2, 0) is 14.3 Å². The van der Waals surface area contributed by atoms with Crippen molar-refractivity contribution in [2.75, 3.05) is 20.3 Å². The second-order valence-corrected chi connectivity index (χ2v) is 7.20. The van der Waals surface area contributed by atoms with Gasteiger partial charge in [-0.1, -0.05) is 27.7 Å². The first kappa shape index (κ1) is 17.4. The lowest BCUT2D eigenvalue weighted by Gasteiger charge is -2.40. The maximum Gasteiger partial charge on any atom is 0.328 e. The highest BCUT2D eigenvalue weighted by molar-refractivity contribution is 5.80. The third kappa shape index (κ3) is 4.74. The lowest BCUT2D eigenvalue weighted by atomic mass is 9.71. The molecule has 0 bridgehead atoms. The van der Waals surface area contributed by atoms with E-state index in [2.05, 4.69) is 26.1 Å². The highest BCUT2D eigenvalue weighted by Crippen LogP contribution is 2.39. The summed E-state index contributed by atoms with van der Waals surface area (Å²) >= 11 is 0. The Hall–Kier alpha value is -0.610. The van der Waals surface area contributed by atoms with E-state index in [9.17, 15) is 4.79 Å². The molecule has 118 valence electrons. The minimum atomic E-state index is -0.756. The molecule has 1 aliphatic carbocycles. The first-order valence-electron chi connectivity index (χ1n) is 7.67. The van der Waals surface area contributed by atoms with E-state index >= 15 is 0 Å². The molecule has 1 fully saturated rings. The van der Waals surface area contributed by atoms with Gasteiger partial charge >= 0.3 is 5.97 Å². The van der Waals surface area contributed by atoms with Crippen LogP contribution in [0.1, 0.15) is 53.9 Å². The number of nitrogens with one attached hydrogen (secondary N) is 1. The van der Waals surface area contributed by atoms with Crippen molar-refractivity contribution in [1.29, 1.82) is 0 Å². The van der Waals surface area contributed by atoms with Gasteiger partial charge < -0.3 is 14.8 Å². The van der Waals surface area contributed by atoms with Gasteiger partial charge in [-0.3, -0.25) is 0 Å². The summed E-state index contributed by atoms with van der Waals surface area (Å²) < 4.78 is 11.0. The number of carbonyl (C=O) groups is 1. The van der Waals surface area contributed by atoms with Crippen molar-refractivity contribution in [3.63, 3.8) is 0 Å². The van der Waals surface area contributed by atoms with Gasteiger partial charge in [0.2, 0.25) is 0 Å². The van der Waals surface area contributed by atoms with Crippen LogP contribution in [0.4, 0.5) is 0 Å². The largest absolute Gasteiger partial charge is 0.468 e. The first-order chi connectivity index (χ1) is 9.22. The average molecular weight is 285 g/mol. The molecule has 3 atom stereocenters. The van der Waals surface area contributed by atoms with E-state index in [4.69, 9.17) is 9.47 Å². The van der Waals surface area contributed by atoms with Crippen LogP contribution in [0, 0.1) is 11.3 Å². The Morgan fingerprint density at radius 1 is 1.40 bits per heavy atom. The number of rotatable bonds is 6.